The summed E-state index contributed by atoms with van der Waals surface area (Å²) < 4.78 is 18.3. The SMILES string of the molecule is COc1cc(F)cc(C2CCCC2Cl)c1. The zero-order chi connectivity index (χ0) is 10.8. The van der Waals surface area contributed by atoms with Crippen molar-refractivity contribution in [1.82, 2.24) is 0 Å². The van der Waals surface area contributed by atoms with Gasteiger partial charge in [-0.3, -0.25) is 0 Å². The number of rotatable bonds is 2. The molecule has 0 heterocycles. The van der Waals surface area contributed by atoms with Gasteiger partial charge in [-0.1, -0.05) is 6.42 Å². The monoisotopic (exact) mass is 228 g/mol. The molecule has 0 N–H and O–H groups in total. The average molecular weight is 229 g/mol. The smallest absolute Gasteiger partial charge is 0.127 e. The lowest BCUT2D eigenvalue weighted by molar-refractivity contribution is 0.410. The number of benzene rings is 1. The van der Waals surface area contributed by atoms with Crippen molar-refractivity contribution in [3.05, 3.63) is 29.6 Å². The van der Waals surface area contributed by atoms with Gasteiger partial charge in [-0.2, -0.15) is 0 Å². The van der Waals surface area contributed by atoms with Crippen molar-refractivity contribution >= 4 is 11.6 Å². The van der Waals surface area contributed by atoms with E-state index in [-0.39, 0.29) is 17.1 Å². The number of halogens is 2. The zero-order valence-corrected chi connectivity index (χ0v) is 9.43. The summed E-state index contributed by atoms with van der Waals surface area (Å²) in [6.07, 6.45) is 3.18. The van der Waals surface area contributed by atoms with E-state index in [9.17, 15) is 4.39 Å². The van der Waals surface area contributed by atoms with E-state index >= 15 is 0 Å². The highest BCUT2D eigenvalue weighted by Crippen LogP contribution is 2.39. The van der Waals surface area contributed by atoms with Crippen LogP contribution in [0.5, 0.6) is 5.75 Å². The van der Waals surface area contributed by atoms with Crippen LogP contribution in [0, 0.1) is 5.82 Å². The molecule has 0 spiro atoms. The van der Waals surface area contributed by atoms with Crippen LogP contribution in [0.2, 0.25) is 0 Å². The van der Waals surface area contributed by atoms with Gasteiger partial charge in [-0.05, 0) is 30.5 Å². The normalized spacial score (nSPS) is 25.5. The van der Waals surface area contributed by atoms with Crippen LogP contribution in [-0.4, -0.2) is 12.5 Å². The van der Waals surface area contributed by atoms with Gasteiger partial charge in [-0.15, -0.1) is 11.6 Å². The molecule has 1 aliphatic rings. The Morgan fingerprint density at radius 3 is 2.73 bits per heavy atom. The van der Waals surface area contributed by atoms with Crippen molar-refractivity contribution in [2.75, 3.05) is 7.11 Å². The first-order valence-electron chi connectivity index (χ1n) is 5.19. The summed E-state index contributed by atoms with van der Waals surface area (Å²) in [5, 5.41) is 0.136. The molecule has 0 radical (unpaired) electrons. The topological polar surface area (TPSA) is 9.23 Å². The first-order chi connectivity index (χ1) is 7.20. The van der Waals surface area contributed by atoms with Gasteiger partial charge in [-0.25, -0.2) is 4.39 Å². The summed E-state index contributed by atoms with van der Waals surface area (Å²) in [4.78, 5) is 0. The lowest BCUT2D eigenvalue weighted by Crippen LogP contribution is -2.05. The molecule has 0 aromatic heterocycles. The van der Waals surface area contributed by atoms with Gasteiger partial charge in [0.1, 0.15) is 11.6 Å². The summed E-state index contributed by atoms with van der Waals surface area (Å²) in [5.41, 5.74) is 0.962. The molecule has 82 valence electrons. The third-order valence-electron chi connectivity index (χ3n) is 2.99. The predicted molar refractivity (Wildman–Crippen MR) is 59.2 cm³/mol. The maximum absolute atomic E-state index is 13.3. The van der Waals surface area contributed by atoms with Crippen LogP contribution in [0.1, 0.15) is 30.7 Å². The van der Waals surface area contributed by atoms with Crippen molar-refractivity contribution in [3.8, 4) is 5.75 Å². The van der Waals surface area contributed by atoms with Crippen LogP contribution in [0.25, 0.3) is 0 Å². The Kier molecular flexibility index (Phi) is 3.15. The second-order valence-corrected chi connectivity index (χ2v) is 4.54. The van der Waals surface area contributed by atoms with Gasteiger partial charge in [0.05, 0.1) is 7.11 Å². The fourth-order valence-electron chi connectivity index (χ4n) is 2.21. The number of hydrogen-bond donors (Lipinski definition) is 0. The molecule has 2 unspecified atom stereocenters. The van der Waals surface area contributed by atoms with Gasteiger partial charge in [0.2, 0.25) is 0 Å². The van der Waals surface area contributed by atoms with Gasteiger partial charge >= 0.3 is 0 Å². The van der Waals surface area contributed by atoms with Crippen molar-refractivity contribution in [3.63, 3.8) is 0 Å². The third kappa shape index (κ3) is 2.25. The average Bonchev–Trinajstić information content (AvgIpc) is 2.63. The van der Waals surface area contributed by atoms with Gasteiger partial charge < -0.3 is 4.74 Å². The molecule has 15 heavy (non-hydrogen) atoms. The van der Waals surface area contributed by atoms with Crippen LogP contribution in [0.15, 0.2) is 18.2 Å². The second kappa shape index (κ2) is 4.40. The van der Waals surface area contributed by atoms with E-state index in [0.717, 1.165) is 24.8 Å². The van der Waals surface area contributed by atoms with E-state index in [1.54, 1.807) is 13.2 Å². The predicted octanol–water partition coefficient (Wildman–Crippen LogP) is 3.71. The van der Waals surface area contributed by atoms with Gasteiger partial charge in [0.25, 0.3) is 0 Å². The van der Waals surface area contributed by atoms with E-state index in [0.29, 0.717) is 5.75 Å². The molecular formula is C12H14ClFO. The molecule has 0 amide bonds. The van der Waals surface area contributed by atoms with E-state index in [4.69, 9.17) is 16.3 Å². The summed E-state index contributed by atoms with van der Waals surface area (Å²) >= 11 is 6.20. The lowest BCUT2D eigenvalue weighted by Gasteiger charge is -2.15. The first-order valence-corrected chi connectivity index (χ1v) is 5.63. The van der Waals surface area contributed by atoms with Crippen molar-refractivity contribution < 1.29 is 9.13 Å². The van der Waals surface area contributed by atoms with E-state index in [1.807, 2.05) is 6.07 Å². The summed E-state index contributed by atoms with van der Waals surface area (Å²) in [6, 6.07) is 4.84. The summed E-state index contributed by atoms with van der Waals surface area (Å²) in [6.45, 7) is 0. The molecule has 0 aliphatic heterocycles. The van der Waals surface area contributed by atoms with E-state index in [1.165, 1.54) is 6.07 Å². The largest absolute Gasteiger partial charge is 0.497 e. The molecule has 0 bridgehead atoms. The summed E-state index contributed by atoms with van der Waals surface area (Å²) in [7, 11) is 1.55. The van der Waals surface area contributed by atoms with Crippen molar-refractivity contribution in [2.24, 2.45) is 0 Å². The summed E-state index contributed by atoms with van der Waals surface area (Å²) in [5.74, 6) is 0.595. The molecule has 0 saturated heterocycles. The van der Waals surface area contributed by atoms with Crippen LogP contribution in [-0.2, 0) is 0 Å². The van der Waals surface area contributed by atoms with Crippen molar-refractivity contribution in [2.45, 2.75) is 30.6 Å². The Hall–Kier alpha value is -0.760. The number of ether oxygens (including phenoxy) is 1. The fraction of sp³-hybridized carbons (Fsp3) is 0.500. The first kappa shape index (κ1) is 10.7. The Labute approximate surface area is 94.2 Å². The maximum atomic E-state index is 13.3. The molecule has 1 aliphatic carbocycles. The lowest BCUT2D eigenvalue weighted by atomic mass is 9.97. The molecule has 1 fully saturated rings. The molecule has 2 rings (SSSR count). The quantitative estimate of drug-likeness (QED) is 0.702. The fourth-order valence-corrected chi connectivity index (χ4v) is 2.63. The Morgan fingerprint density at radius 1 is 1.33 bits per heavy atom. The minimum absolute atomic E-state index is 0.136. The molecular weight excluding hydrogens is 215 g/mol. The standard InChI is InChI=1S/C12H14ClFO/c1-15-10-6-8(5-9(14)7-10)11-3-2-4-12(11)13/h5-7,11-12H,2-4H2,1H3. The van der Waals surface area contributed by atoms with E-state index in [2.05, 4.69) is 0 Å². The Bertz CT molecular complexity index is 353. The third-order valence-corrected chi connectivity index (χ3v) is 3.51. The zero-order valence-electron chi connectivity index (χ0n) is 8.67. The van der Waals surface area contributed by atoms with Crippen LogP contribution >= 0.6 is 11.6 Å². The van der Waals surface area contributed by atoms with Gasteiger partial charge in [0, 0.05) is 17.4 Å². The number of alkyl halides is 1. The van der Waals surface area contributed by atoms with Crippen LogP contribution in [0.3, 0.4) is 0 Å². The molecule has 1 aromatic carbocycles. The molecule has 2 atom stereocenters. The Morgan fingerprint density at radius 2 is 2.13 bits per heavy atom. The highest BCUT2D eigenvalue weighted by atomic mass is 35.5. The van der Waals surface area contributed by atoms with Crippen LogP contribution in [0.4, 0.5) is 4.39 Å². The number of methoxy groups -OCH3 is 1. The van der Waals surface area contributed by atoms with Crippen molar-refractivity contribution in [1.29, 1.82) is 0 Å². The molecule has 1 nitrogen and oxygen atoms in total. The second-order valence-electron chi connectivity index (χ2n) is 3.98. The minimum atomic E-state index is -0.250. The molecule has 1 saturated carbocycles. The highest BCUT2D eigenvalue weighted by Gasteiger charge is 2.27. The maximum Gasteiger partial charge on any atom is 0.127 e. The number of hydrogen-bond acceptors (Lipinski definition) is 1. The highest BCUT2D eigenvalue weighted by molar-refractivity contribution is 6.21. The molecule has 1 aromatic rings. The van der Waals surface area contributed by atoms with E-state index < -0.39 is 0 Å². The Balaban J connectivity index is 2.30. The molecule has 3 heteroatoms. The van der Waals surface area contributed by atoms with Crippen LogP contribution < -0.4 is 4.74 Å². The van der Waals surface area contributed by atoms with Gasteiger partial charge in [0.15, 0.2) is 0 Å². The minimum Gasteiger partial charge on any atom is -0.497 e.